The van der Waals surface area contributed by atoms with Crippen LogP contribution in [0.4, 0.5) is 0 Å². The second-order valence-corrected chi connectivity index (χ2v) is 19.9. The molecule has 4 aromatic heterocycles. The average Bonchev–Trinajstić information content (AvgIpc) is 3.89. The zero-order valence-corrected chi connectivity index (χ0v) is 41.4. The van der Waals surface area contributed by atoms with E-state index in [1.165, 1.54) is 5.56 Å². The van der Waals surface area contributed by atoms with Gasteiger partial charge in [-0.1, -0.05) is 32.9 Å². The van der Waals surface area contributed by atoms with Gasteiger partial charge < -0.3 is 0 Å². The number of aromatic nitrogens is 4. The number of pyridine rings is 1. The van der Waals surface area contributed by atoms with Gasteiger partial charge in [0, 0.05) is 6.20 Å². The van der Waals surface area contributed by atoms with Gasteiger partial charge in [0.2, 0.25) is 0 Å². The SMILES string of the molecule is CC(C)(C)c1ccnc(-n2c3[c-]c(Oc4[c-]c5c(cc4)oc4c(-c6ccccc6)cccc4c4cccc6c4n5[c](=[Pt])n6-c4c(-c5ccccc5)cccc4-c4ccccc4)ccc3c3ccccc32)c1. The molecule has 0 saturated carbocycles. The number of para-hydroxylation sites is 4. The summed E-state index contributed by atoms with van der Waals surface area (Å²) in [5.74, 6) is 1.91. The molecule has 13 rings (SSSR count). The van der Waals surface area contributed by atoms with Crippen molar-refractivity contribution in [3.05, 3.63) is 234 Å². The Bertz CT molecular complexity index is 4250. The van der Waals surface area contributed by atoms with E-state index in [1.54, 1.807) is 0 Å². The van der Waals surface area contributed by atoms with Crippen LogP contribution in [0.1, 0.15) is 26.3 Å². The maximum atomic E-state index is 7.27. The van der Waals surface area contributed by atoms with Crippen LogP contribution < -0.4 is 4.74 Å². The zero-order chi connectivity index (χ0) is 47.8. The van der Waals surface area contributed by atoms with Crippen molar-refractivity contribution in [1.82, 2.24) is 18.5 Å². The van der Waals surface area contributed by atoms with Crippen molar-refractivity contribution in [1.29, 1.82) is 0 Å². The fourth-order valence-corrected chi connectivity index (χ4v) is 11.2. The number of hydrogen-bond donors (Lipinski definition) is 0. The van der Waals surface area contributed by atoms with Gasteiger partial charge in [0.15, 0.2) is 0 Å². The Labute approximate surface area is 421 Å². The van der Waals surface area contributed by atoms with Crippen molar-refractivity contribution >= 4 is 60.3 Å². The van der Waals surface area contributed by atoms with Crippen LogP contribution in [0.2, 0.25) is 0 Å². The van der Waals surface area contributed by atoms with Crippen LogP contribution in [-0.2, 0) is 24.8 Å². The summed E-state index contributed by atoms with van der Waals surface area (Å²) in [6, 6.07) is 79.7. The van der Waals surface area contributed by atoms with Crippen molar-refractivity contribution in [3.63, 3.8) is 0 Å². The molecule has 9 aromatic carbocycles. The summed E-state index contributed by atoms with van der Waals surface area (Å²) in [5.41, 5.74) is 14.9. The number of hydrogen-bond acceptors (Lipinski definition) is 3. The number of nitrogens with zero attached hydrogens (tertiary/aromatic N) is 4. The standard InChI is InChI=1S/C64H44N4O2.Pt/c1-64(2,3)45-36-37-65-60(38-45)68-55-30-14-13-24-51(55)52-34-32-46(39-57(52)68)69-47-33-35-59-58(40-47)67-41-66(61-48(42-18-7-4-8-19-42)25-15-26-49(61)43-20-9-5-10-21-43)56-31-17-28-53(62(56)67)54-29-16-27-50(63(54)70-59)44-22-11-6-12-23-44;/h4-38H,1-3H3;/q-2;. The van der Waals surface area contributed by atoms with E-state index in [2.05, 4.69) is 248 Å². The van der Waals surface area contributed by atoms with Crippen LogP contribution in [0, 0.1) is 15.9 Å². The quantitative estimate of drug-likeness (QED) is 0.149. The third-order valence-electron chi connectivity index (χ3n) is 13.6. The van der Waals surface area contributed by atoms with Crippen molar-refractivity contribution in [2.45, 2.75) is 26.2 Å². The summed E-state index contributed by atoms with van der Waals surface area (Å²) in [6.07, 6.45) is 1.90. The van der Waals surface area contributed by atoms with Gasteiger partial charge in [-0.15, -0.1) is 0 Å². The molecule has 0 aliphatic carbocycles. The maximum absolute atomic E-state index is 7.27. The van der Waals surface area contributed by atoms with Gasteiger partial charge in [0.1, 0.15) is 0 Å². The fourth-order valence-electron chi connectivity index (χ4n) is 10.2. The second kappa shape index (κ2) is 17.0. The zero-order valence-electron chi connectivity index (χ0n) is 39.1. The van der Waals surface area contributed by atoms with E-state index in [9.17, 15) is 0 Å². The molecule has 0 unspecified atom stereocenters. The van der Waals surface area contributed by atoms with Gasteiger partial charge in [0.05, 0.1) is 0 Å². The minimum atomic E-state index is -0.0537. The first kappa shape index (κ1) is 42.8. The average molecular weight is 1100 g/mol. The molecule has 7 heteroatoms. The van der Waals surface area contributed by atoms with Crippen LogP contribution in [-0.4, -0.2) is 18.5 Å². The first-order chi connectivity index (χ1) is 34.8. The van der Waals surface area contributed by atoms with Crippen LogP contribution in [0.5, 0.6) is 11.5 Å². The number of benzene rings is 9. The monoisotopic (exact) mass is 1100 g/mol. The Morgan fingerprint density at radius 1 is 0.507 bits per heavy atom. The van der Waals surface area contributed by atoms with E-state index in [1.807, 2.05) is 30.5 Å². The van der Waals surface area contributed by atoms with E-state index in [0.717, 1.165) is 97.9 Å². The van der Waals surface area contributed by atoms with Gasteiger partial charge in [-0.2, -0.15) is 0 Å². The minimum absolute atomic E-state index is 0.0537. The van der Waals surface area contributed by atoms with Crippen molar-refractivity contribution < 1.29 is 28.5 Å². The molecule has 0 spiro atoms. The van der Waals surface area contributed by atoms with Crippen molar-refractivity contribution in [2.24, 2.45) is 0 Å². The molecule has 0 bridgehead atoms. The van der Waals surface area contributed by atoms with E-state index < -0.39 is 0 Å². The summed E-state index contributed by atoms with van der Waals surface area (Å²) >= 11 is 2.50. The van der Waals surface area contributed by atoms with Crippen molar-refractivity contribution in [3.8, 4) is 56.4 Å². The Kier molecular flexibility index (Phi) is 10.2. The van der Waals surface area contributed by atoms with Crippen LogP contribution >= 0.6 is 0 Å². The molecule has 6 nitrogen and oxygen atoms in total. The Hall–Kier alpha value is -8.31. The molecule has 344 valence electrons. The number of fused-ring (bicyclic) bond motifs is 7. The van der Waals surface area contributed by atoms with Gasteiger partial charge >= 0.3 is 368 Å². The fraction of sp³-hybridized carbons (Fsp3) is 0.0625. The molecule has 0 atom stereocenters. The molecular weight excluding hydrogens is 1050 g/mol. The molecule has 4 heterocycles. The predicted molar refractivity (Wildman–Crippen MR) is 285 cm³/mol. The molecule has 0 radical (unpaired) electrons. The van der Waals surface area contributed by atoms with E-state index in [0.29, 0.717) is 22.6 Å². The van der Waals surface area contributed by atoms with E-state index in [4.69, 9.17) is 14.1 Å². The third-order valence-corrected chi connectivity index (χ3v) is 14.6. The Balaban J connectivity index is 1.10. The van der Waals surface area contributed by atoms with Crippen LogP contribution in [0.25, 0.3) is 105 Å². The van der Waals surface area contributed by atoms with Gasteiger partial charge in [-0.05, 0) is 17.0 Å². The van der Waals surface area contributed by atoms with Crippen LogP contribution in [0.3, 0.4) is 0 Å². The molecule has 0 N–H and O–H groups in total. The Morgan fingerprint density at radius 3 is 1.77 bits per heavy atom. The van der Waals surface area contributed by atoms with Gasteiger partial charge in [-0.3, -0.25) is 0 Å². The number of imidazole rings is 1. The summed E-state index contributed by atoms with van der Waals surface area (Å²) in [4.78, 5) is 4.91. The Morgan fingerprint density at radius 2 is 1.07 bits per heavy atom. The van der Waals surface area contributed by atoms with E-state index in [-0.39, 0.29) is 5.41 Å². The molecule has 0 aliphatic rings. The molecule has 13 aromatic rings. The summed E-state index contributed by atoms with van der Waals surface area (Å²) in [5, 5.41) is 4.21. The topological polar surface area (TPSA) is 49.5 Å². The molecular formula is C64H44N4O2Pt-2. The predicted octanol–water partition coefficient (Wildman–Crippen LogP) is 16.6. The van der Waals surface area contributed by atoms with Gasteiger partial charge in [-0.25, -0.2) is 0 Å². The first-order valence-corrected chi connectivity index (χ1v) is 24.9. The summed E-state index contributed by atoms with van der Waals surface area (Å²) in [6.45, 7) is 6.68. The molecule has 0 saturated heterocycles. The summed E-state index contributed by atoms with van der Waals surface area (Å²) < 4.78 is 22.0. The third kappa shape index (κ3) is 7.20. The van der Waals surface area contributed by atoms with Crippen LogP contribution in [0.15, 0.2) is 217 Å². The normalized spacial score (nSPS) is 12.0. The molecule has 0 fully saturated rings. The first-order valence-electron chi connectivity index (χ1n) is 23.8. The second-order valence-electron chi connectivity index (χ2n) is 18.9. The van der Waals surface area contributed by atoms with Gasteiger partial charge in [0.25, 0.3) is 0 Å². The molecule has 0 aliphatic heterocycles. The number of rotatable bonds is 7. The molecule has 71 heavy (non-hydrogen) atoms. The molecule has 0 amide bonds. The van der Waals surface area contributed by atoms with Crippen molar-refractivity contribution in [2.75, 3.05) is 0 Å². The summed E-state index contributed by atoms with van der Waals surface area (Å²) in [7, 11) is 0. The number of ether oxygens (including phenoxy) is 1. The van der Waals surface area contributed by atoms with E-state index >= 15 is 0 Å².